The zero-order valence-electron chi connectivity index (χ0n) is 44.4. The highest BCUT2D eigenvalue weighted by Crippen LogP contribution is 2.26. The van der Waals surface area contributed by atoms with Crippen LogP contribution in [-0.4, -0.2) is 236 Å². The van der Waals surface area contributed by atoms with E-state index < -0.39 is 112 Å². The van der Waals surface area contributed by atoms with Crippen molar-refractivity contribution in [2.24, 2.45) is 0 Å². The van der Waals surface area contributed by atoms with Gasteiger partial charge in [-0.25, -0.2) is 13.4 Å². The number of carboxylic acid groups (broad SMARTS) is 4. The predicted octanol–water partition coefficient (Wildman–Crippen LogP) is -1.60. The molecule has 2 unspecified atom stereocenters. The number of nitrogens with one attached hydrogen (secondary N) is 5. The maximum atomic E-state index is 13.5. The summed E-state index contributed by atoms with van der Waals surface area (Å²) in [6.07, 6.45) is 2.89. The fraction of sp³-hybridized carbons (Fsp3) is 0.612. The lowest BCUT2D eigenvalue weighted by Crippen LogP contribution is -2.52. The van der Waals surface area contributed by atoms with Crippen molar-refractivity contribution in [3.05, 3.63) is 46.6 Å². The molecule has 0 aliphatic carbocycles. The monoisotopic (exact) mass is 1150 g/mol. The molecule has 440 valence electrons. The van der Waals surface area contributed by atoms with E-state index in [0.29, 0.717) is 12.8 Å². The summed E-state index contributed by atoms with van der Waals surface area (Å²) in [6, 6.07) is 3.46. The van der Waals surface area contributed by atoms with Crippen LogP contribution in [0.2, 0.25) is 0 Å². The molecule has 1 aromatic carbocycles. The Morgan fingerprint density at radius 1 is 0.684 bits per heavy atom. The standard InChI is InChI=1S/C49H74N10O18S2/c1-33-25-37(26-34(2)47(33)79(75,76)55-38(49(70)71)27-52-42(62)10-3-8-36-13-12-35-7-4-15-51-48(35)53-36)77-24-6-11-41(61)50-14-5-9-40(60)39(32-78(72,73)74)54-43(63)28-56-16-18-57(29-44(64)65)20-22-59(31-46(68)69)23-21-58(19-17-56)30-45(66)67/h12-13,25-26,38-39,55H,3-11,14-24,27-32H2,1-2H3,(H,50,61)(H,51,53)(H,52,62)(H,54,63)(H,64,65)(H,66,67)(H,68,69)(H,70,71)(H,72,73,74). The number of aliphatic carboxylic acids is 4. The van der Waals surface area contributed by atoms with E-state index in [1.54, 1.807) is 19.6 Å². The van der Waals surface area contributed by atoms with E-state index in [1.807, 2.05) is 12.1 Å². The topological polar surface area (TPSA) is 401 Å². The summed E-state index contributed by atoms with van der Waals surface area (Å²) in [6.45, 7) is 2.63. The molecule has 0 bridgehead atoms. The Kier molecular flexibility index (Phi) is 26.4. The van der Waals surface area contributed by atoms with Crippen LogP contribution in [0.5, 0.6) is 5.75 Å². The molecule has 1 fully saturated rings. The van der Waals surface area contributed by atoms with Crippen molar-refractivity contribution < 1.29 is 84.9 Å². The molecule has 2 atom stereocenters. The molecular weight excluding hydrogens is 1080 g/mol. The molecule has 4 rings (SSSR count). The number of carbonyl (C=O) groups excluding carboxylic acids is 4. The zero-order chi connectivity index (χ0) is 58.3. The third-order valence-corrected chi connectivity index (χ3v) is 15.3. The molecule has 3 amide bonds. The van der Waals surface area contributed by atoms with Gasteiger partial charge < -0.3 is 46.4 Å². The quantitative estimate of drug-likeness (QED) is 0.0300. The van der Waals surface area contributed by atoms with E-state index in [4.69, 9.17) is 4.74 Å². The molecule has 2 aromatic rings. The molecular formula is C49H74N10O18S2. The van der Waals surface area contributed by atoms with Crippen LogP contribution in [0.3, 0.4) is 0 Å². The number of aryl methyl sites for hydroxylation is 4. The van der Waals surface area contributed by atoms with E-state index in [0.717, 1.165) is 36.5 Å². The highest BCUT2D eigenvalue weighted by Gasteiger charge is 2.30. The molecule has 0 spiro atoms. The van der Waals surface area contributed by atoms with Crippen molar-refractivity contribution in [2.45, 2.75) is 88.6 Å². The fourth-order valence-electron chi connectivity index (χ4n) is 8.92. The molecule has 0 radical (unpaired) electrons. The van der Waals surface area contributed by atoms with Gasteiger partial charge in [0.15, 0.2) is 5.78 Å². The van der Waals surface area contributed by atoms with Crippen LogP contribution >= 0.6 is 0 Å². The van der Waals surface area contributed by atoms with Crippen LogP contribution in [-0.2, 0) is 71.3 Å². The van der Waals surface area contributed by atoms with Gasteiger partial charge in [0.25, 0.3) is 10.1 Å². The minimum absolute atomic E-state index is 0.0189. The number of ketones is 1. The van der Waals surface area contributed by atoms with Gasteiger partial charge >= 0.3 is 23.9 Å². The van der Waals surface area contributed by atoms with Crippen molar-refractivity contribution in [1.82, 2.24) is 45.3 Å². The van der Waals surface area contributed by atoms with Crippen LogP contribution in [0.1, 0.15) is 67.3 Å². The second kappa shape index (κ2) is 32.0. The van der Waals surface area contributed by atoms with Crippen molar-refractivity contribution in [3.63, 3.8) is 0 Å². The van der Waals surface area contributed by atoms with Crippen LogP contribution in [0.4, 0.5) is 5.82 Å². The Morgan fingerprint density at radius 2 is 1.22 bits per heavy atom. The summed E-state index contributed by atoms with van der Waals surface area (Å²) >= 11 is 0. The maximum Gasteiger partial charge on any atom is 0.323 e. The number of rotatable bonds is 31. The number of carbonyl (C=O) groups is 8. The Bertz CT molecular complexity index is 2640. The third-order valence-electron chi connectivity index (χ3n) is 12.8. The molecule has 28 nitrogen and oxygen atoms in total. The lowest BCUT2D eigenvalue weighted by Gasteiger charge is -2.33. The van der Waals surface area contributed by atoms with Crippen molar-refractivity contribution >= 4 is 73.3 Å². The molecule has 79 heavy (non-hydrogen) atoms. The van der Waals surface area contributed by atoms with Crippen LogP contribution in [0, 0.1) is 13.8 Å². The van der Waals surface area contributed by atoms with Gasteiger partial charge in [0.1, 0.15) is 29.4 Å². The SMILES string of the molecule is Cc1cc(OCCCC(=O)NCCCC(=O)C(CS(=O)(=O)O)NC(=O)CN2CCN(CC(=O)O)CCN(CC(=O)O)CCN(CC(=O)O)CC2)cc(C)c1S(=O)(=O)NC(CNC(=O)CCCc1ccc2c(n1)NCCC2)C(=O)O. The first-order valence-corrected chi connectivity index (χ1v) is 28.9. The lowest BCUT2D eigenvalue weighted by atomic mass is 10.1. The second-order valence-electron chi connectivity index (χ2n) is 19.4. The first-order chi connectivity index (χ1) is 37.3. The lowest BCUT2D eigenvalue weighted by molar-refractivity contribution is -0.140. The number of hydrogen-bond donors (Lipinski definition) is 10. The zero-order valence-corrected chi connectivity index (χ0v) is 46.1. The van der Waals surface area contributed by atoms with Gasteiger partial charge in [-0.3, -0.25) is 62.5 Å². The van der Waals surface area contributed by atoms with Gasteiger partial charge in [-0.2, -0.15) is 13.1 Å². The Labute approximate surface area is 458 Å². The predicted molar refractivity (Wildman–Crippen MR) is 284 cm³/mol. The number of aromatic nitrogens is 1. The van der Waals surface area contributed by atoms with Gasteiger partial charge in [-0.1, -0.05) is 6.07 Å². The number of sulfonamides is 1. The number of nitrogens with zero attached hydrogens (tertiary/aromatic N) is 5. The molecule has 30 heteroatoms. The maximum absolute atomic E-state index is 13.5. The average Bonchev–Trinajstić information content (AvgIpc) is 3.36. The minimum Gasteiger partial charge on any atom is -0.494 e. The number of hydrogen-bond acceptors (Lipinski definition) is 19. The fourth-order valence-corrected chi connectivity index (χ4v) is 11.2. The number of anilines is 1. The molecule has 1 aromatic heterocycles. The largest absolute Gasteiger partial charge is 0.494 e. The van der Waals surface area contributed by atoms with Crippen LogP contribution < -0.4 is 30.7 Å². The molecule has 2 aliphatic heterocycles. The summed E-state index contributed by atoms with van der Waals surface area (Å²) < 4.78 is 68.4. The summed E-state index contributed by atoms with van der Waals surface area (Å²) in [5.74, 6) is -7.40. The Hall–Kier alpha value is -6.41. The van der Waals surface area contributed by atoms with Gasteiger partial charge in [0, 0.05) is 96.9 Å². The van der Waals surface area contributed by atoms with Crippen molar-refractivity contribution in [1.29, 1.82) is 0 Å². The van der Waals surface area contributed by atoms with E-state index in [-0.39, 0.29) is 126 Å². The Balaban J connectivity index is 1.21. The summed E-state index contributed by atoms with van der Waals surface area (Å²) in [7, 11) is -9.21. The number of ether oxygens (including phenoxy) is 1. The summed E-state index contributed by atoms with van der Waals surface area (Å²) in [4.78, 5) is 109. The normalized spacial score (nSPS) is 16.1. The highest BCUT2D eigenvalue weighted by atomic mass is 32.2. The molecule has 1 saturated heterocycles. The number of Topliss-reactive ketones (excluding diaryl/α,β-unsaturated/α-hetero) is 1. The first kappa shape index (κ1) is 65.1. The molecule has 2 aliphatic rings. The van der Waals surface area contributed by atoms with E-state index in [1.165, 1.54) is 26.0 Å². The third kappa shape index (κ3) is 24.7. The highest BCUT2D eigenvalue weighted by molar-refractivity contribution is 7.89. The van der Waals surface area contributed by atoms with Gasteiger partial charge in [0.05, 0.1) is 37.7 Å². The first-order valence-electron chi connectivity index (χ1n) is 25.8. The second-order valence-corrected chi connectivity index (χ2v) is 22.6. The number of amides is 3. The Morgan fingerprint density at radius 3 is 1.75 bits per heavy atom. The van der Waals surface area contributed by atoms with Crippen LogP contribution in [0.25, 0.3) is 0 Å². The number of pyridine rings is 1. The van der Waals surface area contributed by atoms with E-state index in [2.05, 4.69) is 31.0 Å². The smallest absolute Gasteiger partial charge is 0.323 e. The summed E-state index contributed by atoms with van der Waals surface area (Å²) in [5.41, 5.74) is 2.43. The molecule has 10 N–H and O–H groups in total. The van der Waals surface area contributed by atoms with Crippen molar-refractivity contribution in [3.8, 4) is 5.75 Å². The van der Waals surface area contributed by atoms with E-state index >= 15 is 0 Å². The average molecular weight is 1160 g/mol. The van der Waals surface area contributed by atoms with Gasteiger partial charge in [-0.15, -0.1) is 0 Å². The van der Waals surface area contributed by atoms with Gasteiger partial charge in [0.2, 0.25) is 27.7 Å². The van der Waals surface area contributed by atoms with Crippen LogP contribution in [0.15, 0.2) is 29.2 Å². The van der Waals surface area contributed by atoms with Gasteiger partial charge in [-0.05, 0) is 87.3 Å². The summed E-state index contributed by atoms with van der Waals surface area (Å²) in [5, 5.41) is 48.9. The minimum atomic E-state index is -4.80. The number of fused-ring (bicyclic) bond motifs is 1. The molecule has 0 saturated carbocycles. The molecule has 3 heterocycles. The number of carboxylic acids is 4. The van der Waals surface area contributed by atoms with Crippen molar-refractivity contribution in [2.75, 3.05) is 116 Å². The van der Waals surface area contributed by atoms with E-state index in [9.17, 15) is 80.2 Å². The number of benzene rings is 1.